The Morgan fingerprint density at radius 1 is 1.60 bits per heavy atom. The van der Waals surface area contributed by atoms with Crippen LogP contribution in [0.25, 0.3) is 0 Å². The molecule has 0 aromatic carbocycles. The van der Waals surface area contributed by atoms with Gasteiger partial charge in [-0.1, -0.05) is 11.6 Å². The standard InChI is InChI=1S/C8H6ClF2NO3/c9-4-2-5(13)12-7(8(10)11)3(4)1-6(14)15/h2,8H,1H2,(H,12,13)(H,14,15). The molecular formula is C8H6ClF2NO3. The van der Waals surface area contributed by atoms with E-state index in [-0.39, 0.29) is 10.6 Å². The number of pyridine rings is 1. The smallest absolute Gasteiger partial charge is 0.307 e. The van der Waals surface area contributed by atoms with Gasteiger partial charge < -0.3 is 10.1 Å². The zero-order valence-electron chi connectivity index (χ0n) is 7.26. The number of carbonyl (C=O) groups is 1. The Balaban J connectivity index is 3.33. The number of aromatic amines is 1. The maximum absolute atomic E-state index is 12.4. The zero-order chi connectivity index (χ0) is 11.6. The van der Waals surface area contributed by atoms with Crippen LogP contribution in [0.4, 0.5) is 8.78 Å². The number of carboxylic acid groups (broad SMARTS) is 1. The summed E-state index contributed by atoms with van der Waals surface area (Å²) < 4.78 is 24.8. The van der Waals surface area contributed by atoms with Crippen LogP contribution >= 0.6 is 11.6 Å². The normalized spacial score (nSPS) is 10.7. The van der Waals surface area contributed by atoms with E-state index in [9.17, 15) is 18.4 Å². The summed E-state index contributed by atoms with van der Waals surface area (Å²) in [4.78, 5) is 23.1. The molecule has 0 amide bonds. The third-order valence-corrected chi connectivity index (χ3v) is 2.01. The Morgan fingerprint density at radius 3 is 2.67 bits per heavy atom. The maximum Gasteiger partial charge on any atom is 0.307 e. The summed E-state index contributed by atoms with van der Waals surface area (Å²) in [6.07, 6.45) is -3.62. The number of H-pyrrole nitrogens is 1. The number of alkyl halides is 2. The minimum atomic E-state index is -2.97. The molecule has 1 aromatic rings. The average Bonchev–Trinajstić information content (AvgIpc) is 2.08. The van der Waals surface area contributed by atoms with Crippen molar-refractivity contribution in [1.29, 1.82) is 0 Å². The molecule has 0 saturated heterocycles. The first-order chi connectivity index (χ1) is 6.91. The molecule has 0 unspecified atom stereocenters. The fraction of sp³-hybridized carbons (Fsp3) is 0.250. The Kier molecular flexibility index (Phi) is 3.41. The number of nitrogens with one attached hydrogen (secondary N) is 1. The molecule has 0 fully saturated rings. The molecule has 7 heteroatoms. The first kappa shape index (κ1) is 11.6. The number of hydrogen-bond acceptors (Lipinski definition) is 2. The summed E-state index contributed by atoms with van der Waals surface area (Å²) in [5.41, 5.74) is -1.79. The number of aliphatic carboxylic acids is 1. The van der Waals surface area contributed by atoms with Gasteiger partial charge in [-0.25, -0.2) is 8.78 Å². The van der Waals surface area contributed by atoms with Gasteiger partial charge in [0.2, 0.25) is 5.56 Å². The third-order valence-electron chi connectivity index (χ3n) is 1.68. The highest BCUT2D eigenvalue weighted by atomic mass is 35.5. The van der Waals surface area contributed by atoms with Crippen molar-refractivity contribution >= 4 is 17.6 Å². The van der Waals surface area contributed by atoms with Gasteiger partial charge in [-0.05, 0) is 0 Å². The lowest BCUT2D eigenvalue weighted by Crippen LogP contribution is -2.14. The third kappa shape index (κ3) is 2.76. The lowest BCUT2D eigenvalue weighted by molar-refractivity contribution is -0.136. The molecule has 0 atom stereocenters. The maximum atomic E-state index is 12.4. The van der Waals surface area contributed by atoms with Crippen LogP contribution in [0.5, 0.6) is 0 Å². The van der Waals surface area contributed by atoms with Crippen molar-refractivity contribution in [2.24, 2.45) is 0 Å². The highest BCUT2D eigenvalue weighted by Gasteiger charge is 2.19. The number of carboxylic acids is 1. The van der Waals surface area contributed by atoms with Gasteiger partial charge in [-0.15, -0.1) is 0 Å². The molecule has 0 radical (unpaired) electrons. The molecule has 0 aliphatic heterocycles. The van der Waals surface area contributed by atoms with Gasteiger partial charge in [0, 0.05) is 11.6 Å². The van der Waals surface area contributed by atoms with Crippen LogP contribution in [-0.4, -0.2) is 16.1 Å². The van der Waals surface area contributed by atoms with Gasteiger partial charge in [0.15, 0.2) is 0 Å². The number of hydrogen-bond donors (Lipinski definition) is 2. The van der Waals surface area contributed by atoms with Crippen molar-refractivity contribution in [3.05, 3.63) is 32.7 Å². The van der Waals surface area contributed by atoms with Crippen molar-refractivity contribution in [3.8, 4) is 0 Å². The second-order valence-electron chi connectivity index (χ2n) is 2.74. The monoisotopic (exact) mass is 237 g/mol. The molecule has 1 rings (SSSR count). The summed E-state index contributed by atoms with van der Waals surface area (Å²) in [5.74, 6) is -1.30. The summed E-state index contributed by atoms with van der Waals surface area (Å²) >= 11 is 5.51. The van der Waals surface area contributed by atoms with Crippen LogP contribution in [0, 0.1) is 0 Å². The van der Waals surface area contributed by atoms with Crippen molar-refractivity contribution in [2.75, 3.05) is 0 Å². The van der Waals surface area contributed by atoms with Crippen LogP contribution in [0.15, 0.2) is 10.9 Å². The van der Waals surface area contributed by atoms with E-state index in [1.165, 1.54) is 0 Å². The lowest BCUT2D eigenvalue weighted by Gasteiger charge is -2.07. The van der Waals surface area contributed by atoms with Gasteiger partial charge in [0.05, 0.1) is 17.1 Å². The predicted molar refractivity (Wildman–Crippen MR) is 48.4 cm³/mol. The number of rotatable bonds is 3. The molecule has 1 aromatic heterocycles. The molecule has 0 aliphatic carbocycles. The summed E-state index contributed by atoms with van der Waals surface area (Å²) in [7, 11) is 0. The van der Waals surface area contributed by atoms with E-state index >= 15 is 0 Å². The molecule has 0 aliphatic rings. The largest absolute Gasteiger partial charge is 0.481 e. The Hall–Kier alpha value is -1.43. The highest BCUT2D eigenvalue weighted by Crippen LogP contribution is 2.25. The van der Waals surface area contributed by atoms with E-state index in [0.29, 0.717) is 0 Å². The minimum absolute atomic E-state index is 0.265. The van der Waals surface area contributed by atoms with Gasteiger partial charge in [-0.3, -0.25) is 9.59 Å². The Bertz CT molecular complexity index is 444. The van der Waals surface area contributed by atoms with Crippen LogP contribution in [0.2, 0.25) is 5.02 Å². The lowest BCUT2D eigenvalue weighted by atomic mass is 10.1. The fourth-order valence-corrected chi connectivity index (χ4v) is 1.36. The van der Waals surface area contributed by atoms with Gasteiger partial charge in [0.1, 0.15) is 0 Å². The van der Waals surface area contributed by atoms with E-state index in [4.69, 9.17) is 16.7 Å². The van der Waals surface area contributed by atoms with Crippen LogP contribution in [0.3, 0.4) is 0 Å². The molecule has 2 N–H and O–H groups in total. The minimum Gasteiger partial charge on any atom is -0.481 e. The number of halogens is 3. The van der Waals surface area contributed by atoms with Gasteiger partial charge in [0.25, 0.3) is 6.43 Å². The SMILES string of the molecule is O=C(O)Cc1c(Cl)cc(=O)[nH]c1C(F)F. The van der Waals surface area contributed by atoms with Crippen LogP contribution in [0.1, 0.15) is 17.7 Å². The molecule has 4 nitrogen and oxygen atoms in total. The molecule has 1 heterocycles. The second kappa shape index (κ2) is 4.39. The van der Waals surface area contributed by atoms with Crippen LogP contribution in [-0.2, 0) is 11.2 Å². The fourth-order valence-electron chi connectivity index (χ4n) is 1.09. The molecule has 0 bridgehead atoms. The molecule has 0 saturated carbocycles. The van der Waals surface area contributed by atoms with E-state index in [0.717, 1.165) is 6.07 Å². The van der Waals surface area contributed by atoms with Gasteiger partial charge in [-0.2, -0.15) is 0 Å². The molecule has 15 heavy (non-hydrogen) atoms. The topological polar surface area (TPSA) is 70.2 Å². The van der Waals surface area contributed by atoms with E-state index in [1.54, 1.807) is 0 Å². The van der Waals surface area contributed by atoms with Crippen LogP contribution < -0.4 is 5.56 Å². The summed E-state index contributed by atoms with van der Waals surface area (Å²) in [6.45, 7) is 0. The quantitative estimate of drug-likeness (QED) is 0.839. The zero-order valence-corrected chi connectivity index (χ0v) is 8.02. The van der Waals surface area contributed by atoms with Crippen molar-refractivity contribution in [2.45, 2.75) is 12.8 Å². The van der Waals surface area contributed by atoms with Crippen molar-refractivity contribution in [1.82, 2.24) is 4.98 Å². The van der Waals surface area contributed by atoms with E-state index < -0.39 is 30.1 Å². The average molecular weight is 238 g/mol. The Morgan fingerprint density at radius 2 is 2.20 bits per heavy atom. The Labute approximate surface area is 87.5 Å². The summed E-state index contributed by atoms with van der Waals surface area (Å²) in [5, 5.41) is 8.20. The van der Waals surface area contributed by atoms with Gasteiger partial charge >= 0.3 is 5.97 Å². The van der Waals surface area contributed by atoms with Crippen molar-refractivity contribution < 1.29 is 18.7 Å². The second-order valence-corrected chi connectivity index (χ2v) is 3.15. The predicted octanol–water partition coefficient (Wildman–Crippen LogP) is 1.59. The van der Waals surface area contributed by atoms with E-state index in [2.05, 4.69) is 0 Å². The summed E-state index contributed by atoms with van der Waals surface area (Å²) in [6, 6.07) is 0.867. The molecule has 0 spiro atoms. The number of aromatic nitrogens is 1. The molecule has 82 valence electrons. The van der Waals surface area contributed by atoms with Crippen molar-refractivity contribution in [3.63, 3.8) is 0 Å². The van der Waals surface area contributed by atoms with E-state index in [1.807, 2.05) is 4.98 Å². The molecular weight excluding hydrogens is 232 g/mol. The highest BCUT2D eigenvalue weighted by molar-refractivity contribution is 6.31. The first-order valence-corrected chi connectivity index (χ1v) is 4.21. The first-order valence-electron chi connectivity index (χ1n) is 3.83.